The van der Waals surface area contributed by atoms with Crippen LogP contribution in [0.5, 0.6) is 0 Å². The summed E-state index contributed by atoms with van der Waals surface area (Å²) in [5, 5.41) is 28.9. The highest BCUT2D eigenvalue weighted by Gasteiger charge is 2.42. The lowest BCUT2D eigenvalue weighted by molar-refractivity contribution is -0.154. The molecule has 1 aromatic heterocycles. The van der Waals surface area contributed by atoms with E-state index in [9.17, 15) is 14.7 Å². The molecule has 0 atom stereocenters. The molecule has 0 unspecified atom stereocenters. The van der Waals surface area contributed by atoms with Gasteiger partial charge in [-0.25, -0.2) is 0 Å². The van der Waals surface area contributed by atoms with E-state index in [1.165, 1.54) is 0 Å². The fourth-order valence-corrected chi connectivity index (χ4v) is 4.51. The van der Waals surface area contributed by atoms with E-state index in [4.69, 9.17) is 5.11 Å². The summed E-state index contributed by atoms with van der Waals surface area (Å²) in [4.78, 5) is 22.7. The van der Waals surface area contributed by atoms with E-state index in [0.29, 0.717) is 6.42 Å². The molecule has 0 radical (unpaired) electrons. The van der Waals surface area contributed by atoms with Crippen LogP contribution in [0.3, 0.4) is 0 Å². The van der Waals surface area contributed by atoms with E-state index < -0.39 is 22.8 Å². The van der Waals surface area contributed by atoms with Gasteiger partial charge in [0.05, 0.1) is 10.8 Å². The average molecular weight is 443 g/mol. The van der Waals surface area contributed by atoms with Crippen LogP contribution in [-0.4, -0.2) is 43.9 Å². The van der Waals surface area contributed by atoms with Gasteiger partial charge in [0.15, 0.2) is 0 Å². The Balaban J connectivity index is 2.55. The number of carboxylic acid groups (broad SMARTS) is 2. The number of carbonyl (C=O) groups is 2. The number of hydrogen-bond donors (Lipinski definition) is 2. The summed E-state index contributed by atoms with van der Waals surface area (Å²) in [5.41, 5.74) is -0.795. The second kappa shape index (κ2) is 10.2. The molecule has 0 bridgehead atoms. The molecule has 0 aliphatic heterocycles. The minimum atomic E-state index is -0.802. The number of thioether (sulfide) groups is 2. The van der Waals surface area contributed by atoms with Crippen molar-refractivity contribution in [1.82, 2.24) is 10.2 Å². The monoisotopic (exact) mass is 442 g/mol. The Labute approximate surface area is 182 Å². The zero-order chi connectivity index (χ0) is 22.5. The molecule has 164 valence electrons. The zero-order valence-electron chi connectivity index (χ0n) is 18.5. The highest BCUT2D eigenvalue weighted by molar-refractivity contribution is 7.99. The van der Waals surface area contributed by atoms with Gasteiger partial charge in [0.1, 0.15) is 10.1 Å². The Hall–Kier alpha value is -1.28. The summed E-state index contributed by atoms with van der Waals surface area (Å²) >= 11 is 3.19. The van der Waals surface area contributed by atoms with Crippen molar-refractivity contribution in [3.8, 4) is 0 Å². The standard InChI is InChI=1S/C21H34N2O4S2/c1-14-13-15(28-11-8-9-19(2,3)17(24)25)22-23-16(14)29-12-10-20(4,5)21(6,7)18(26)27/h13H,8-12H2,1-7H3,(H,24,25)(H,26,27). The Morgan fingerprint density at radius 2 is 1.55 bits per heavy atom. The van der Waals surface area contributed by atoms with Gasteiger partial charge in [-0.15, -0.1) is 33.7 Å². The SMILES string of the molecule is Cc1cc(SCCCC(C)(C)C(=O)O)nnc1SCCC(C)(C)C(C)(C)C(=O)O. The van der Waals surface area contributed by atoms with Crippen LogP contribution < -0.4 is 0 Å². The average Bonchev–Trinajstić information content (AvgIpc) is 2.60. The predicted octanol–water partition coefficient (Wildman–Crippen LogP) is 5.39. The lowest BCUT2D eigenvalue weighted by Crippen LogP contribution is -2.39. The van der Waals surface area contributed by atoms with Crippen molar-refractivity contribution < 1.29 is 19.8 Å². The number of aliphatic carboxylic acids is 2. The summed E-state index contributed by atoms with van der Waals surface area (Å²) in [6.07, 6.45) is 2.18. The minimum absolute atomic E-state index is 0.341. The number of aryl methyl sites for hydroxylation is 1. The molecule has 0 aromatic carbocycles. The van der Waals surface area contributed by atoms with Crippen LogP contribution in [0.15, 0.2) is 16.1 Å². The topological polar surface area (TPSA) is 100 Å². The highest BCUT2D eigenvalue weighted by atomic mass is 32.2. The van der Waals surface area contributed by atoms with E-state index in [2.05, 4.69) is 10.2 Å². The molecule has 29 heavy (non-hydrogen) atoms. The summed E-state index contributed by atoms with van der Waals surface area (Å²) in [5.74, 6) is 0.0252. The zero-order valence-corrected chi connectivity index (χ0v) is 20.2. The van der Waals surface area contributed by atoms with E-state index >= 15 is 0 Å². The highest BCUT2D eigenvalue weighted by Crippen LogP contribution is 2.42. The molecule has 2 N–H and O–H groups in total. The maximum atomic E-state index is 11.5. The number of carboxylic acids is 2. The lowest BCUT2D eigenvalue weighted by Gasteiger charge is -2.38. The maximum absolute atomic E-state index is 11.5. The molecule has 0 spiro atoms. The van der Waals surface area contributed by atoms with Gasteiger partial charge in [-0.2, -0.15) is 0 Å². The fourth-order valence-electron chi connectivity index (χ4n) is 2.47. The van der Waals surface area contributed by atoms with Crippen molar-refractivity contribution in [2.24, 2.45) is 16.2 Å². The van der Waals surface area contributed by atoms with Crippen LogP contribution in [0.2, 0.25) is 0 Å². The minimum Gasteiger partial charge on any atom is -0.481 e. The van der Waals surface area contributed by atoms with Crippen molar-refractivity contribution in [2.75, 3.05) is 11.5 Å². The normalized spacial score (nSPS) is 12.8. The van der Waals surface area contributed by atoms with Crippen LogP contribution in [-0.2, 0) is 9.59 Å². The molecule has 8 heteroatoms. The molecule has 1 aromatic rings. The number of rotatable bonds is 12. The smallest absolute Gasteiger partial charge is 0.309 e. The van der Waals surface area contributed by atoms with Crippen LogP contribution in [0.4, 0.5) is 0 Å². The molecule has 0 saturated heterocycles. The van der Waals surface area contributed by atoms with Crippen LogP contribution >= 0.6 is 23.5 Å². The quantitative estimate of drug-likeness (QED) is 0.328. The first kappa shape index (κ1) is 25.8. The first-order valence-electron chi connectivity index (χ1n) is 9.77. The number of hydrogen-bond acceptors (Lipinski definition) is 6. The molecule has 0 aliphatic carbocycles. The van der Waals surface area contributed by atoms with Gasteiger partial charge in [-0.1, -0.05) is 13.8 Å². The third-order valence-corrected chi connectivity index (χ3v) is 7.96. The molecular formula is C21H34N2O4S2. The molecule has 6 nitrogen and oxygen atoms in total. The molecule has 0 amide bonds. The van der Waals surface area contributed by atoms with Crippen molar-refractivity contribution in [3.63, 3.8) is 0 Å². The second-order valence-electron chi connectivity index (χ2n) is 9.22. The Morgan fingerprint density at radius 3 is 2.07 bits per heavy atom. The van der Waals surface area contributed by atoms with Crippen molar-refractivity contribution >= 4 is 35.5 Å². The molecule has 1 heterocycles. The van der Waals surface area contributed by atoms with Gasteiger partial charge in [0, 0.05) is 5.75 Å². The first-order chi connectivity index (χ1) is 13.2. The van der Waals surface area contributed by atoms with Gasteiger partial charge in [-0.05, 0) is 76.7 Å². The maximum Gasteiger partial charge on any atom is 0.309 e. The van der Waals surface area contributed by atoms with Gasteiger partial charge in [-0.3, -0.25) is 9.59 Å². The van der Waals surface area contributed by atoms with Crippen molar-refractivity contribution in [2.45, 2.75) is 77.8 Å². The van der Waals surface area contributed by atoms with E-state index in [-0.39, 0.29) is 5.41 Å². The summed E-state index contributed by atoms with van der Waals surface area (Å²) in [6.45, 7) is 13.0. The Morgan fingerprint density at radius 1 is 0.931 bits per heavy atom. The van der Waals surface area contributed by atoms with Crippen LogP contribution in [0.1, 0.15) is 66.4 Å². The Kier molecular flexibility index (Phi) is 9.02. The fraction of sp³-hybridized carbons (Fsp3) is 0.714. The molecule has 0 saturated carbocycles. The van der Waals surface area contributed by atoms with Crippen LogP contribution in [0.25, 0.3) is 0 Å². The van der Waals surface area contributed by atoms with E-state index in [0.717, 1.165) is 40.0 Å². The summed E-state index contributed by atoms with van der Waals surface area (Å²) in [6, 6.07) is 2.01. The number of aromatic nitrogens is 2. The molecule has 1 rings (SSSR count). The van der Waals surface area contributed by atoms with E-state index in [1.807, 2.05) is 26.8 Å². The largest absolute Gasteiger partial charge is 0.481 e. The molecular weight excluding hydrogens is 408 g/mol. The third-order valence-electron chi connectivity index (χ3n) is 5.88. The Bertz CT molecular complexity index is 733. The van der Waals surface area contributed by atoms with Crippen molar-refractivity contribution in [3.05, 3.63) is 11.6 Å². The van der Waals surface area contributed by atoms with E-state index in [1.54, 1.807) is 51.2 Å². The van der Waals surface area contributed by atoms with Gasteiger partial charge < -0.3 is 10.2 Å². The number of nitrogens with zero attached hydrogens (tertiary/aromatic N) is 2. The predicted molar refractivity (Wildman–Crippen MR) is 119 cm³/mol. The van der Waals surface area contributed by atoms with Crippen LogP contribution in [0, 0.1) is 23.2 Å². The van der Waals surface area contributed by atoms with Gasteiger partial charge in [0.25, 0.3) is 0 Å². The molecule has 0 fully saturated rings. The molecule has 0 aliphatic rings. The van der Waals surface area contributed by atoms with Crippen molar-refractivity contribution in [1.29, 1.82) is 0 Å². The summed E-state index contributed by atoms with van der Waals surface area (Å²) < 4.78 is 0. The third kappa shape index (κ3) is 7.17. The van der Waals surface area contributed by atoms with Gasteiger partial charge >= 0.3 is 11.9 Å². The first-order valence-corrected chi connectivity index (χ1v) is 11.7. The second-order valence-corrected chi connectivity index (χ2v) is 11.4. The lowest BCUT2D eigenvalue weighted by atomic mass is 9.66. The van der Waals surface area contributed by atoms with Gasteiger partial charge in [0.2, 0.25) is 0 Å². The summed E-state index contributed by atoms with van der Waals surface area (Å²) in [7, 11) is 0.